The molecule has 0 heterocycles. The Morgan fingerprint density at radius 3 is 2.18 bits per heavy atom. The van der Waals surface area contributed by atoms with E-state index in [0.29, 0.717) is 0 Å². The van der Waals surface area contributed by atoms with E-state index in [1.165, 1.54) is 12.1 Å². The first-order chi connectivity index (χ1) is 16.4. The van der Waals surface area contributed by atoms with Crippen molar-refractivity contribution in [2.75, 3.05) is 18.5 Å². The number of rotatable bonds is 7. The van der Waals surface area contributed by atoms with Crippen molar-refractivity contribution in [2.24, 2.45) is 0 Å². The van der Waals surface area contributed by atoms with E-state index in [4.69, 9.17) is 9.84 Å². The summed E-state index contributed by atoms with van der Waals surface area (Å²) >= 11 is 0. The highest BCUT2D eigenvalue weighted by atomic mass is 19.1. The summed E-state index contributed by atoms with van der Waals surface area (Å²) in [5.41, 5.74) is 3.49. The van der Waals surface area contributed by atoms with Gasteiger partial charge in [0.25, 0.3) is 5.91 Å². The number of carbonyl (C=O) groups is 3. The number of halogens is 1. The summed E-state index contributed by atoms with van der Waals surface area (Å²) in [5.74, 6) is -3.45. The fourth-order valence-corrected chi connectivity index (χ4v) is 3.95. The average molecular weight is 464 g/mol. The molecule has 0 aromatic heterocycles. The maximum absolute atomic E-state index is 14.4. The molecule has 0 saturated heterocycles. The number of carbonyl (C=O) groups excluding carboxylic acids is 2. The molecule has 9 heteroatoms. The van der Waals surface area contributed by atoms with Crippen LogP contribution in [0.25, 0.3) is 11.1 Å². The summed E-state index contributed by atoms with van der Waals surface area (Å²) in [6, 6.07) is 19.2. The molecule has 0 radical (unpaired) electrons. The number of aliphatic carboxylic acids is 1. The van der Waals surface area contributed by atoms with Gasteiger partial charge in [-0.15, -0.1) is 0 Å². The van der Waals surface area contributed by atoms with Crippen LogP contribution in [0.15, 0.2) is 66.7 Å². The standard InChI is InChI=1S/C25H21FN2O6/c26-20-11-5-10-18(23(30)27-12-21(29)24(31)32)22(20)28-25(33)34-13-19-16-8-3-1-6-14(16)15-7-2-4-9-17(15)19/h1-11,19,21,29H,12-13H2,(H,27,30)(H,28,33)(H,31,32)/t21-/m0/s1. The van der Waals surface area contributed by atoms with Gasteiger partial charge in [0.05, 0.1) is 17.8 Å². The number of anilines is 1. The first kappa shape index (κ1) is 22.9. The van der Waals surface area contributed by atoms with E-state index in [-0.39, 0.29) is 18.1 Å². The first-order valence-corrected chi connectivity index (χ1v) is 10.5. The van der Waals surface area contributed by atoms with Crippen LogP contribution in [0, 0.1) is 5.82 Å². The maximum Gasteiger partial charge on any atom is 0.411 e. The van der Waals surface area contributed by atoms with Gasteiger partial charge < -0.3 is 20.3 Å². The lowest BCUT2D eigenvalue weighted by atomic mass is 9.98. The lowest BCUT2D eigenvalue weighted by molar-refractivity contribution is -0.146. The zero-order valence-corrected chi connectivity index (χ0v) is 17.8. The molecular formula is C25H21FN2O6. The predicted molar refractivity (Wildman–Crippen MR) is 121 cm³/mol. The highest BCUT2D eigenvalue weighted by molar-refractivity contribution is 6.03. The molecule has 8 nitrogen and oxygen atoms in total. The van der Waals surface area contributed by atoms with Gasteiger partial charge in [0.1, 0.15) is 12.4 Å². The van der Waals surface area contributed by atoms with E-state index < -0.39 is 42.1 Å². The second kappa shape index (κ2) is 9.72. The molecular weight excluding hydrogens is 443 g/mol. The highest BCUT2D eigenvalue weighted by Gasteiger charge is 2.29. The largest absolute Gasteiger partial charge is 0.479 e. The number of benzene rings is 3. The van der Waals surface area contributed by atoms with Crippen LogP contribution in [-0.4, -0.2) is 47.4 Å². The summed E-state index contributed by atoms with van der Waals surface area (Å²) in [5, 5.41) is 22.5. The van der Waals surface area contributed by atoms with Crippen LogP contribution in [0.1, 0.15) is 27.4 Å². The SMILES string of the molecule is O=C(Nc1c(F)cccc1C(=O)NC[C@H](O)C(=O)O)OCC1c2ccccc2-c2ccccc21. The average Bonchev–Trinajstić information content (AvgIpc) is 3.16. The van der Waals surface area contributed by atoms with Gasteiger partial charge in [0.2, 0.25) is 0 Å². The lowest BCUT2D eigenvalue weighted by Crippen LogP contribution is -2.37. The Morgan fingerprint density at radius 1 is 0.941 bits per heavy atom. The van der Waals surface area contributed by atoms with E-state index in [0.717, 1.165) is 28.3 Å². The van der Waals surface area contributed by atoms with Gasteiger partial charge in [-0.25, -0.2) is 14.0 Å². The zero-order valence-electron chi connectivity index (χ0n) is 17.8. The van der Waals surface area contributed by atoms with Crippen LogP contribution < -0.4 is 10.6 Å². The highest BCUT2D eigenvalue weighted by Crippen LogP contribution is 2.44. The summed E-state index contributed by atoms with van der Waals surface area (Å²) in [4.78, 5) is 35.6. The fraction of sp³-hybridized carbons (Fsp3) is 0.160. The first-order valence-electron chi connectivity index (χ1n) is 10.5. The van der Waals surface area contributed by atoms with E-state index in [2.05, 4.69) is 10.6 Å². The number of nitrogens with one attached hydrogen (secondary N) is 2. The second-order valence-electron chi connectivity index (χ2n) is 7.68. The number of amides is 2. The molecule has 34 heavy (non-hydrogen) atoms. The van der Waals surface area contributed by atoms with Gasteiger partial charge in [-0.2, -0.15) is 0 Å². The third-order valence-electron chi connectivity index (χ3n) is 5.57. The van der Waals surface area contributed by atoms with Gasteiger partial charge in [-0.05, 0) is 34.4 Å². The number of para-hydroxylation sites is 1. The van der Waals surface area contributed by atoms with E-state index in [9.17, 15) is 23.9 Å². The van der Waals surface area contributed by atoms with Gasteiger partial charge >= 0.3 is 12.1 Å². The zero-order chi connectivity index (χ0) is 24.2. The van der Waals surface area contributed by atoms with E-state index in [1.807, 2.05) is 48.5 Å². The molecule has 174 valence electrons. The van der Waals surface area contributed by atoms with E-state index >= 15 is 0 Å². The van der Waals surface area contributed by atoms with Gasteiger partial charge in [0.15, 0.2) is 6.10 Å². The van der Waals surface area contributed by atoms with Crippen molar-refractivity contribution in [3.05, 3.63) is 89.2 Å². The van der Waals surface area contributed by atoms with Gasteiger partial charge in [0, 0.05) is 5.92 Å². The molecule has 2 amide bonds. The molecule has 0 fully saturated rings. The Morgan fingerprint density at radius 2 is 1.56 bits per heavy atom. The number of ether oxygens (including phenoxy) is 1. The minimum Gasteiger partial charge on any atom is -0.479 e. The topological polar surface area (TPSA) is 125 Å². The number of aliphatic hydroxyl groups is 1. The van der Waals surface area contributed by atoms with Crippen molar-refractivity contribution < 1.29 is 33.7 Å². The van der Waals surface area contributed by atoms with Crippen molar-refractivity contribution in [1.82, 2.24) is 5.32 Å². The molecule has 4 N–H and O–H groups in total. The second-order valence-corrected chi connectivity index (χ2v) is 7.68. The maximum atomic E-state index is 14.4. The third-order valence-corrected chi connectivity index (χ3v) is 5.57. The molecule has 1 aliphatic rings. The summed E-state index contributed by atoms with van der Waals surface area (Å²) in [7, 11) is 0. The molecule has 1 atom stereocenters. The number of aliphatic hydroxyl groups excluding tert-OH is 1. The molecule has 0 bridgehead atoms. The molecule has 0 saturated carbocycles. The quantitative estimate of drug-likeness (QED) is 0.425. The van der Waals surface area contributed by atoms with Gasteiger partial charge in [-0.3, -0.25) is 10.1 Å². The number of carboxylic acids is 1. The Kier molecular flexibility index (Phi) is 6.55. The van der Waals surface area contributed by atoms with Crippen LogP contribution in [0.3, 0.4) is 0 Å². The Hall–Kier alpha value is -4.24. The summed E-state index contributed by atoms with van der Waals surface area (Å²) in [6.45, 7) is -0.588. The molecule has 0 aliphatic heterocycles. The van der Waals surface area contributed by atoms with Crippen LogP contribution >= 0.6 is 0 Å². The molecule has 0 spiro atoms. The summed E-state index contributed by atoms with van der Waals surface area (Å²) in [6.07, 6.45) is -2.78. The Labute approximate surface area is 194 Å². The predicted octanol–water partition coefficient (Wildman–Crippen LogP) is 3.36. The third kappa shape index (κ3) is 4.60. The normalized spacial score (nSPS) is 12.9. The van der Waals surface area contributed by atoms with Crippen molar-refractivity contribution in [2.45, 2.75) is 12.0 Å². The Bertz CT molecular complexity index is 1220. The van der Waals surface area contributed by atoms with Crippen LogP contribution in [0.5, 0.6) is 0 Å². The van der Waals surface area contributed by atoms with Crippen LogP contribution in [0.4, 0.5) is 14.9 Å². The Balaban J connectivity index is 1.46. The molecule has 0 unspecified atom stereocenters. The lowest BCUT2D eigenvalue weighted by Gasteiger charge is -2.16. The van der Waals surface area contributed by atoms with Crippen molar-refractivity contribution in [3.8, 4) is 11.1 Å². The van der Waals surface area contributed by atoms with E-state index in [1.54, 1.807) is 0 Å². The van der Waals surface area contributed by atoms with Crippen LogP contribution in [-0.2, 0) is 9.53 Å². The number of hydrogen-bond donors (Lipinski definition) is 4. The van der Waals surface area contributed by atoms with Gasteiger partial charge in [-0.1, -0.05) is 54.6 Å². The number of hydrogen-bond acceptors (Lipinski definition) is 5. The monoisotopic (exact) mass is 464 g/mol. The number of carboxylic acid groups (broad SMARTS) is 1. The van der Waals surface area contributed by atoms with Crippen molar-refractivity contribution in [1.29, 1.82) is 0 Å². The fourth-order valence-electron chi connectivity index (χ4n) is 3.95. The smallest absolute Gasteiger partial charge is 0.411 e. The molecule has 1 aliphatic carbocycles. The molecule has 3 aromatic carbocycles. The number of fused-ring (bicyclic) bond motifs is 3. The van der Waals surface area contributed by atoms with Crippen LogP contribution in [0.2, 0.25) is 0 Å². The molecule has 3 aromatic rings. The van der Waals surface area contributed by atoms with Crippen molar-refractivity contribution >= 4 is 23.7 Å². The van der Waals surface area contributed by atoms with Crippen molar-refractivity contribution in [3.63, 3.8) is 0 Å². The molecule has 4 rings (SSSR count). The summed E-state index contributed by atoms with van der Waals surface area (Å²) < 4.78 is 19.8. The minimum absolute atomic E-state index is 0.000641. The minimum atomic E-state index is -1.82.